The first kappa shape index (κ1) is 14.9. The summed E-state index contributed by atoms with van der Waals surface area (Å²) in [7, 11) is 0. The fourth-order valence-electron chi connectivity index (χ4n) is 2.23. The number of hydrogen-bond acceptors (Lipinski definition) is 4. The summed E-state index contributed by atoms with van der Waals surface area (Å²) in [5.41, 5.74) is 4.02. The maximum Gasteiger partial charge on any atom is 0.121 e. The van der Waals surface area contributed by atoms with Crippen molar-refractivity contribution in [3.8, 4) is 23.7 Å². The van der Waals surface area contributed by atoms with Crippen LogP contribution < -0.4 is 0 Å². The van der Waals surface area contributed by atoms with Crippen molar-refractivity contribution in [2.45, 2.75) is 0 Å². The Morgan fingerprint density at radius 2 is 1.46 bits per heavy atom. The van der Waals surface area contributed by atoms with E-state index in [1.54, 1.807) is 6.20 Å². The van der Waals surface area contributed by atoms with Gasteiger partial charge in [-0.2, -0.15) is 8.75 Å². The molecule has 0 unspecified atom stereocenters. The first-order valence-electron chi connectivity index (χ1n) is 7.32. The Labute approximate surface area is 145 Å². The lowest BCUT2D eigenvalue weighted by Gasteiger charge is -1.97. The normalized spacial score (nSPS) is 14.0. The number of benzene rings is 1. The standard InChI is InChI=1S/C20H10N3S/c1-2-6-15(5-1)8-9-16-10-11-17(20-19(16)22-24-23-20)12-13-18-7-3-4-14-21-18/h1-7,10-11,14H. The largest absolute Gasteiger partial charge is 0.248 e. The van der Waals surface area contributed by atoms with Crippen molar-refractivity contribution in [1.29, 1.82) is 0 Å². The maximum atomic E-state index is 4.38. The lowest BCUT2D eigenvalue weighted by molar-refractivity contribution is 1.29. The second-order valence-corrected chi connectivity index (χ2v) is 5.54. The highest BCUT2D eigenvalue weighted by Crippen LogP contribution is 2.23. The Kier molecular flexibility index (Phi) is 4.23. The van der Waals surface area contributed by atoms with Crippen LogP contribution in [0.2, 0.25) is 0 Å². The molecular weight excluding hydrogens is 314 g/mol. The molecule has 0 N–H and O–H groups in total. The minimum atomic E-state index is 0.730. The van der Waals surface area contributed by atoms with Crippen LogP contribution in [0.15, 0.2) is 36.5 Å². The molecule has 5 radical (unpaired) electrons. The topological polar surface area (TPSA) is 38.7 Å². The van der Waals surface area contributed by atoms with E-state index >= 15 is 0 Å². The predicted octanol–water partition coefficient (Wildman–Crippen LogP) is 3.24. The highest BCUT2D eigenvalue weighted by Gasteiger charge is 2.14. The van der Waals surface area contributed by atoms with E-state index in [4.69, 9.17) is 0 Å². The zero-order valence-electron chi connectivity index (χ0n) is 12.5. The van der Waals surface area contributed by atoms with Crippen molar-refractivity contribution < 1.29 is 0 Å². The molecule has 4 rings (SSSR count). The van der Waals surface area contributed by atoms with Gasteiger partial charge in [0.05, 0.1) is 28.8 Å². The number of pyridine rings is 1. The highest BCUT2D eigenvalue weighted by atomic mass is 32.1. The number of nitrogens with zero attached hydrogens (tertiary/aromatic N) is 3. The molecule has 0 aliphatic heterocycles. The van der Waals surface area contributed by atoms with E-state index in [-0.39, 0.29) is 0 Å². The zero-order valence-corrected chi connectivity index (χ0v) is 13.3. The minimum Gasteiger partial charge on any atom is -0.248 e. The molecule has 24 heavy (non-hydrogen) atoms. The van der Waals surface area contributed by atoms with Gasteiger partial charge in [0.1, 0.15) is 16.7 Å². The van der Waals surface area contributed by atoms with Crippen molar-refractivity contribution in [2.75, 3.05) is 0 Å². The lowest BCUT2D eigenvalue weighted by atomic mass is 10.1. The second-order valence-electron chi connectivity index (χ2n) is 5.01. The van der Waals surface area contributed by atoms with Gasteiger partial charge in [-0.1, -0.05) is 23.8 Å². The van der Waals surface area contributed by atoms with Crippen LogP contribution in [0, 0.1) is 55.3 Å². The van der Waals surface area contributed by atoms with E-state index in [1.165, 1.54) is 11.7 Å². The highest BCUT2D eigenvalue weighted by molar-refractivity contribution is 7.00. The molecule has 1 saturated carbocycles. The quantitative estimate of drug-likeness (QED) is 0.596. The van der Waals surface area contributed by atoms with Crippen LogP contribution in [0.3, 0.4) is 0 Å². The Morgan fingerprint density at radius 1 is 0.750 bits per heavy atom. The Balaban J connectivity index is 1.69. The molecule has 1 aromatic carbocycles. The van der Waals surface area contributed by atoms with Crippen molar-refractivity contribution in [2.24, 2.45) is 0 Å². The average molecular weight is 324 g/mol. The Morgan fingerprint density at radius 3 is 2.12 bits per heavy atom. The van der Waals surface area contributed by atoms with Gasteiger partial charge in [-0.15, -0.1) is 0 Å². The summed E-state index contributed by atoms with van der Waals surface area (Å²) in [5, 5.41) is 0. The molecule has 2 heterocycles. The molecule has 111 valence electrons. The van der Waals surface area contributed by atoms with Crippen molar-refractivity contribution in [3.63, 3.8) is 0 Å². The molecule has 4 heteroatoms. The Bertz CT molecular complexity index is 978. The summed E-state index contributed by atoms with van der Waals surface area (Å²) in [5.74, 6) is 13.5. The Hall–Kier alpha value is -2.69. The molecule has 0 spiro atoms. The predicted molar refractivity (Wildman–Crippen MR) is 95.0 cm³/mol. The molecular formula is C20H10N3S. The lowest BCUT2D eigenvalue weighted by Crippen LogP contribution is -1.88. The van der Waals surface area contributed by atoms with E-state index in [1.807, 2.05) is 56.0 Å². The molecule has 0 bridgehead atoms. The van der Waals surface area contributed by atoms with E-state index < -0.39 is 0 Å². The molecule has 1 fully saturated rings. The van der Waals surface area contributed by atoms with Gasteiger partial charge in [0, 0.05) is 6.20 Å². The van der Waals surface area contributed by atoms with Gasteiger partial charge in [-0.25, -0.2) is 4.98 Å². The number of rotatable bonds is 0. The first-order valence-corrected chi connectivity index (χ1v) is 8.05. The zero-order chi connectivity index (χ0) is 16.2. The monoisotopic (exact) mass is 324 g/mol. The van der Waals surface area contributed by atoms with E-state index in [0.29, 0.717) is 0 Å². The summed E-state index contributed by atoms with van der Waals surface area (Å²) in [6.07, 6.45) is 9.64. The van der Waals surface area contributed by atoms with E-state index in [9.17, 15) is 0 Å². The number of hydrogen-bond donors (Lipinski definition) is 0. The molecule has 2 aromatic heterocycles. The number of fused-ring (bicyclic) bond motifs is 1. The van der Waals surface area contributed by atoms with Gasteiger partial charge in [-0.05, 0) is 55.9 Å². The van der Waals surface area contributed by atoms with Gasteiger partial charge in [0.15, 0.2) is 0 Å². The molecule has 0 atom stereocenters. The maximum absolute atomic E-state index is 4.38. The summed E-state index contributed by atoms with van der Waals surface area (Å²) in [6, 6.07) is 9.55. The van der Waals surface area contributed by atoms with Crippen LogP contribution in [-0.4, -0.2) is 13.7 Å². The number of aromatic nitrogens is 3. The van der Waals surface area contributed by atoms with Crippen LogP contribution in [0.1, 0.15) is 16.8 Å². The molecule has 0 saturated heterocycles. The SMILES string of the molecule is C(#Cc1ccc(C#Cc2ccccn2)c2nsnc12)[C]1[CH][CH][CH][CH]1. The van der Waals surface area contributed by atoms with Crippen molar-refractivity contribution in [3.05, 3.63) is 85.0 Å². The first-order chi connectivity index (χ1) is 11.9. The average Bonchev–Trinajstić information content (AvgIpc) is 3.31. The van der Waals surface area contributed by atoms with Gasteiger partial charge < -0.3 is 0 Å². The van der Waals surface area contributed by atoms with Crippen LogP contribution in [0.25, 0.3) is 11.0 Å². The smallest absolute Gasteiger partial charge is 0.121 e. The second kappa shape index (κ2) is 6.83. The van der Waals surface area contributed by atoms with Crippen LogP contribution in [0.5, 0.6) is 0 Å². The fourth-order valence-corrected chi connectivity index (χ4v) is 2.81. The molecule has 0 amide bonds. The third kappa shape index (κ3) is 3.15. The molecule has 3 aromatic rings. The van der Waals surface area contributed by atoms with Crippen LogP contribution in [0.4, 0.5) is 0 Å². The van der Waals surface area contributed by atoms with Gasteiger partial charge >= 0.3 is 0 Å². The molecule has 1 aliphatic carbocycles. The van der Waals surface area contributed by atoms with Gasteiger partial charge in [0.2, 0.25) is 0 Å². The van der Waals surface area contributed by atoms with Crippen LogP contribution >= 0.6 is 11.7 Å². The third-order valence-electron chi connectivity index (χ3n) is 3.41. The van der Waals surface area contributed by atoms with E-state index in [0.717, 1.165) is 33.8 Å². The van der Waals surface area contributed by atoms with Crippen LogP contribution in [-0.2, 0) is 0 Å². The summed E-state index contributed by atoms with van der Waals surface area (Å²) >= 11 is 1.18. The van der Waals surface area contributed by atoms with Crippen molar-refractivity contribution in [1.82, 2.24) is 13.7 Å². The van der Waals surface area contributed by atoms with Gasteiger partial charge in [-0.3, -0.25) is 0 Å². The minimum absolute atomic E-state index is 0.730. The fraction of sp³-hybridized carbons (Fsp3) is 0. The summed E-state index contributed by atoms with van der Waals surface area (Å²) in [4.78, 5) is 4.21. The van der Waals surface area contributed by atoms with E-state index in [2.05, 4.69) is 37.4 Å². The van der Waals surface area contributed by atoms with Crippen molar-refractivity contribution >= 4 is 22.8 Å². The summed E-state index contributed by atoms with van der Waals surface area (Å²) in [6.45, 7) is 0. The van der Waals surface area contributed by atoms with Gasteiger partial charge in [0.25, 0.3) is 0 Å². The third-order valence-corrected chi connectivity index (χ3v) is 3.94. The molecule has 1 aliphatic rings. The summed E-state index contributed by atoms with van der Waals surface area (Å²) < 4.78 is 8.76. The molecule has 3 nitrogen and oxygen atoms in total.